The molecule has 2 rings (SSSR count). The molecule has 0 unspecified atom stereocenters. The lowest BCUT2D eigenvalue weighted by molar-refractivity contribution is 0.630. The van der Waals surface area contributed by atoms with Gasteiger partial charge in [-0.15, -0.1) is 0 Å². The number of hydrogen-bond acceptors (Lipinski definition) is 6. The molecule has 0 saturated carbocycles. The van der Waals surface area contributed by atoms with Crippen LogP contribution in [-0.4, -0.2) is 0 Å². The molecule has 0 saturated heterocycles. The summed E-state index contributed by atoms with van der Waals surface area (Å²) in [5.41, 5.74) is 31.6. The van der Waals surface area contributed by atoms with Crippen LogP contribution in [-0.2, 0) is 0 Å². The number of nitrogens with two attached hydrogens (primary N) is 5. The van der Waals surface area contributed by atoms with Crippen molar-refractivity contribution < 1.29 is 4.42 Å². The van der Waals surface area contributed by atoms with Crippen LogP contribution in [0.5, 0.6) is 0 Å². The number of furan rings is 1. The van der Waals surface area contributed by atoms with Crippen LogP contribution in [0.1, 0.15) is 25.3 Å². The molecule has 6 heteroatoms. The molecule has 0 aliphatic carbocycles. The molecule has 1 heterocycles. The molecule has 2 aromatic rings. The van der Waals surface area contributed by atoms with E-state index in [0.717, 1.165) is 5.56 Å². The average molecular weight is 235 g/mol. The number of anilines is 5. The minimum Gasteiger partial charge on any atom is -0.438 e. The Bertz CT molecular complexity index is 600. The highest BCUT2D eigenvalue weighted by Gasteiger charge is 2.22. The highest BCUT2D eigenvalue weighted by Crippen LogP contribution is 2.45. The summed E-state index contributed by atoms with van der Waals surface area (Å²) in [6.45, 7) is 3.98. The third-order valence-corrected chi connectivity index (χ3v) is 2.94. The van der Waals surface area contributed by atoms with Gasteiger partial charge in [0.15, 0.2) is 11.5 Å². The summed E-state index contributed by atoms with van der Waals surface area (Å²) >= 11 is 0. The van der Waals surface area contributed by atoms with Crippen molar-refractivity contribution in [2.45, 2.75) is 19.8 Å². The lowest BCUT2D eigenvalue weighted by atomic mass is 9.98. The smallest absolute Gasteiger partial charge is 0.195 e. The lowest BCUT2D eigenvalue weighted by Gasteiger charge is -2.10. The molecular weight excluding hydrogens is 218 g/mol. The van der Waals surface area contributed by atoms with Gasteiger partial charge in [0.1, 0.15) is 5.69 Å². The van der Waals surface area contributed by atoms with Crippen LogP contribution < -0.4 is 28.7 Å². The molecule has 10 N–H and O–H groups in total. The standard InChI is InChI=1S/C11H17N5O/c1-3(2)4-5-6(12)7(13)8(14)9(15)10(5)17-11(4)16/h3H,12-16H2,1-2H3. The van der Waals surface area contributed by atoms with Gasteiger partial charge in [0, 0.05) is 5.56 Å². The summed E-state index contributed by atoms with van der Waals surface area (Å²) < 4.78 is 5.44. The normalized spacial score (nSPS) is 11.5. The maximum absolute atomic E-state index is 5.96. The number of fused-ring (bicyclic) bond motifs is 1. The maximum atomic E-state index is 5.96. The molecule has 0 atom stereocenters. The van der Waals surface area contributed by atoms with Gasteiger partial charge in [-0.25, -0.2) is 0 Å². The van der Waals surface area contributed by atoms with E-state index in [1.54, 1.807) is 0 Å². The van der Waals surface area contributed by atoms with E-state index < -0.39 is 0 Å². The van der Waals surface area contributed by atoms with Crippen molar-refractivity contribution >= 4 is 39.6 Å². The van der Waals surface area contributed by atoms with Gasteiger partial charge in [-0.3, -0.25) is 0 Å². The Labute approximate surface area is 98.7 Å². The molecule has 0 fully saturated rings. The predicted octanol–water partition coefficient (Wildman–Crippen LogP) is 1.47. The van der Waals surface area contributed by atoms with E-state index in [0.29, 0.717) is 22.5 Å². The highest BCUT2D eigenvalue weighted by atomic mass is 16.3. The van der Waals surface area contributed by atoms with Crippen molar-refractivity contribution in [3.63, 3.8) is 0 Å². The second-order valence-corrected chi connectivity index (χ2v) is 4.39. The van der Waals surface area contributed by atoms with Crippen molar-refractivity contribution in [1.82, 2.24) is 0 Å². The van der Waals surface area contributed by atoms with Crippen molar-refractivity contribution in [2.24, 2.45) is 0 Å². The summed E-state index contributed by atoms with van der Waals surface area (Å²) in [5, 5.41) is 0.668. The van der Waals surface area contributed by atoms with Crippen molar-refractivity contribution in [3.8, 4) is 0 Å². The number of nitrogen functional groups attached to an aromatic ring is 5. The van der Waals surface area contributed by atoms with Crippen molar-refractivity contribution in [3.05, 3.63) is 5.56 Å². The third kappa shape index (κ3) is 1.33. The summed E-state index contributed by atoms with van der Waals surface area (Å²) in [5.74, 6) is 0.458. The molecule has 0 bridgehead atoms. The van der Waals surface area contributed by atoms with E-state index >= 15 is 0 Å². The zero-order valence-electron chi connectivity index (χ0n) is 9.87. The second kappa shape index (κ2) is 3.38. The average Bonchev–Trinajstić information content (AvgIpc) is 2.61. The Balaban J connectivity index is 3.02. The van der Waals surface area contributed by atoms with Crippen LogP contribution in [0.25, 0.3) is 11.0 Å². The topological polar surface area (TPSA) is 143 Å². The molecule has 6 nitrogen and oxygen atoms in total. The molecule has 0 amide bonds. The molecular formula is C11H17N5O. The Morgan fingerprint density at radius 1 is 0.824 bits per heavy atom. The quantitative estimate of drug-likeness (QED) is 0.473. The van der Waals surface area contributed by atoms with Crippen LogP contribution in [0, 0.1) is 0 Å². The molecule has 0 aliphatic heterocycles. The lowest BCUT2D eigenvalue weighted by Crippen LogP contribution is -2.05. The number of rotatable bonds is 1. The molecule has 17 heavy (non-hydrogen) atoms. The summed E-state index contributed by atoms with van der Waals surface area (Å²) in [7, 11) is 0. The van der Waals surface area contributed by atoms with Crippen LogP contribution in [0.4, 0.5) is 28.6 Å². The van der Waals surface area contributed by atoms with E-state index in [1.807, 2.05) is 13.8 Å². The molecule has 1 aromatic heterocycles. The molecule has 92 valence electrons. The van der Waals surface area contributed by atoms with Crippen LogP contribution >= 0.6 is 0 Å². The first-order chi connectivity index (χ1) is 7.86. The Kier molecular flexibility index (Phi) is 2.23. The van der Waals surface area contributed by atoms with Gasteiger partial charge in [-0.2, -0.15) is 0 Å². The van der Waals surface area contributed by atoms with Gasteiger partial charge in [-0.05, 0) is 5.92 Å². The SMILES string of the molecule is CC(C)c1c(N)oc2c(N)c(N)c(N)c(N)c12. The van der Waals surface area contributed by atoms with Gasteiger partial charge in [0.2, 0.25) is 0 Å². The fourth-order valence-corrected chi connectivity index (χ4v) is 2.04. The third-order valence-electron chi connectivity index (χ3n) is 2.94. The fourth-order valence-electron chi connectivity index (χ4n) is 2.04. The highest BCUT2D eigenvalue weighted by molar-refractivity contribution is 6.12. The van der Waals surface area contributed by atoms with E-state index in [2.05, 4.69) is 0 Å². The summed E-state index contributed by atoms with van der Waals surface area (Å²) in [6.07, 6.45) is 0. The monoisotopic (exact) mass is 235 g/mol. The molecule has 1 aromatic carbocycles. The minimum atomic E-state index is 0.154. The molecule has 0 spiro atoms. The van der Waals surface area contributed by atoms with Crippen molar-refractivity contribution in [1.29, 1.82) is 0 Å². The number of hydrogen-bond donors (Lipinski definition) is 5. The Morgan fingerprint density at radius 3 is 1.88 bits per heavy atom. The first-order valence-corrected chi connectivity index (χ1v) is 5.29. The van der Waals surface area contributed by atoms with Gasteiger partial charge in [0.05, 0.1) is 22.4 Å². The first kappa shape index (κ1) is 11.3. The van der Waals surface area contributed by atoms with Crippen LogP contribution in [0.3, 0.4) is 0 Å². The Hall–Kier alpha value is -2.24. The zero-order chi connectivity index (χ0) is 12.9. The van der Waals surface area contributed by atoms with Gasteiger partial charge < -0.3 is 33.1 Å². The minimum absolute atomic E-state index is 0.154. The molecule has 0 radical (unpaired) electrons. The van der Waals surface area contributed by atoms with E-state index in [9.17, 15) is 0 Å². The van der Waals surface area contributed by atoms with Gasteiger partial charge in [-0.1, -0.05) is 13.8 Å². The van der Waals surface area contributed by atoms with Crippen LogP contribution in [0.15, 0.2) is 4.42 Å². The summed E-state index contributed by atoms with van der Waals surface area (Å²) in [4.78, 5) is 0. The van der Waals surface area contributed by atoms with E-state index in [-0.39, 0.29) is 23.0 Å². The first-order valence-electron chi connectivity index (χ1n) is 5.29. The molecule has 0 aliphatic rings. The largest absolute Gasteiger partial charge is 0.438 e. The predicted molar refractivity (Wildman–Crippen MR) is 72.4 cm³/mol. The second-order valence-electron chi connectivity index (χ2n) is 4.39. The Morgan fingerprint density at radius 2 is 1.35 bits per heavy atom. The maximum Gasteiger partial charge on any atom is 0.195 e. The van der Waals surface area contributed by atoms with Crippen molar-refractivity contribution in [2.75, 3.05) is 28.7 Å². The number of benzene rings is 1. The van der Waals surface area contributed by atoms with Crippen LogP contribution in [0.2, 0.25) is 0 Å². The van der Waals surface area contributed by atoms with Gasteiger partial charge >= 0.3 is 0 Å². The van der Waals surface area contributed by atoms with E-state index in [1.165, 1.54) is 0 Å². The summed E-state index contributed by atoms with van der Waals surface area (Å²) in [6, 6.07) is 0. The van der Waals surface area contributed by atoms with E-state index in [4.69, 9.17) is 33.1 Å². The zero-order valence-corrected chi connectivity index (χ0v) is 9.87. The van der Waals surface area contributed by atoms with Gasteiger partial charge in [0.25, 0.3) is 0 Å². The fraction of sp³-hybridized carbons (Fsp3) is 0.273.